The maximum atomic E-state index is 10.4. The summed E-state index contributed by atoms with van der Waals surface area (Å²) in [6.45, 7) is 0. The normalized spacial score (nSPS) is 10.9. The molecule has 0 aliphatic rings. The van der Waals surface area contributed by atoms with Crippen molar-refractivity contribution >= 4 is 37.1 Å². The first kappa shape index (κ1) is 14.9. The van der Waals surface area contributed by atoms with Crippen LogP contribution in [0.25, 0.3) is 10.8 Å². The Balaban J connectivity index is 0.00000144. The van der Waals surface area contributed by atoms with Gasteiger partial charge in [-0.1, -0.05) is 28.1 Å². The molecule has 0 radical (unpaired) electrons. The van der Waals surface area contributed by atoms with Crippen molar-refractivity contribution in [3.8, 4) is 5.75 Å². The summed E-state index contributed by atoms with van der Waals surface area (Å²) in [6, 6.07) is 10.1. The van der Waals surface area contributed by atoms with Crippen LogP contribution in [0.1, 0.15) is 0 Å². The summed E-state index contributed by atoms with van der Waals surface area (Å²) < 4.78 is 36.4. The van der Waals surface area contributed by atoms with Crippen molar-refractivity contribution in [2.45, 2.75) is 0 Å². The molecule has 0 spiro atoms. The fourth-order valence-corrected chi connectivity index (χ4v) is 2.08. The zero-order valence-electron chi connectivity index (χ0n) is 8.88. The largest absolute Gasteiger partial charge is 1.00 e. The summed E-state index contributed by atoms with van der Waals surface area (Å²) in [5, 5.41) is 1.72. The van der Waals surface area contributed by atoms with Crippen LogP contribution in [0.15, 0.2) is 40.9 Å². The summed E-state index contributed by atoms with van der Waals surface area (Å²) in [5.74, 6) is 0.0184. The van der Waals surface area contributed by atoms with Gasteiger partial charge in [0.25, 0.3) is 10.4 Å². The molecule has 17 heavy (non-hydrogen) atoms. The van der Waals surface area contributed by atoms with E-state index in [0.29, 0.717) is 0 Å². The number of halogens is 1. The van der Waals surface area contributed by atoms with Gasteiger partial charge in [-0.15, -0.1) is 0 Å². The number of hydrogen-bond acceptors (Lipinski definition) is 4. The Hall–Kier alpha value is -0.110. The van der Waals surface area contributed by atoms with E-state index in [1.54, 1.807) is 12.1 Å². The number of fused-ring (bicyclic) bond motifs is 1. The Morgan fingerprint density at radius 1 is 1.06 bits per heavy atom. The van der Waals surface area contributed by atoms with Gasteiger partial charge in [0.15, 0.2) is 0 Å². The van der Waals surface area contributed by atoms with Crippen LogP contribution in [-0.4, -0.2) is 13.0 Å². The molecule has 0 aromatic heterocycles. The van der Waals surface area contributed by atoms with Crippen LogP contribution in [0, 0.1) is 0 Å². The maximum Gasteiger partial charge on any atom is 1.00 e. The predicted octanol–water partition coefficient (Wildman–Crippen LogP) is -0.555. The summed E-state index contributed by atoms with van der Waals surface area (Å²) in [4.78, 5) is 0. The average Bonchev–Trinajstić information content (AvgIpc) is 2.16. The van der Waals surface area contributed by atoms with E-state index in [1.165, 1.54) is 12.1 Å². The van der Waals surface area contributed by atoms with Crippen LogP contribution in [0.3, 0.4) is 0 Å². The molecule has 0 atom stereocenters. The van der Waals surface area contributed by atoms with E-state index in [1.807, 2.05) is 12.1 Å². The fraction of sp³-hybridized carbons (Fsp3) is 0. The molecule has 0 fully saturated rings. The summed E-state index contributed by atoms with van der Waals surface area (Å²) in [6.07, 6.45) is 0. The Kier molecular flexibility index (Phi) is 5.00. The van der Waals surface area contributed by atoms with Crippen molar-refractivity contribution in [1.29, 1.82) is 0 Å². The molecular weight excluding hydrogens is 319 g/mol. The first-order valence-electron chi connectivity index (χ1n) is 4.29. The van der Waals surface area contributed by atoms with Gasteiger partial charge in [0.1, 0.15) is 5.75 Å². The molecule has 4 nitrogen and oxygen atoms in total. The third kappa shape index (κ3) is 4.24. The van der Waals surface area contributed by atoms with Crippen molar-refractivity contribution < 1.29 is 46.7 Å². The van der Waals surface area contributed by atoms with Crippen LogP contribution in [-0.2, 0) is 10.4 Å². The molecule has 2 aromatic carbocycles. The Morgan fingerprint density at radius 2 is 1.65 bits per heavy atom. The second kappa shape index (κ2) is 5.69. The molecule has 0 unspecified atom stereocenters. The van der Waals surface area contributed by atoms with Gasteiger partial charge in [0.05, 0.1) is 0 Å². The Labute approximate surface area is 129 Å². The van der Waals surface area contributed by atoms with Crippen LogP contribution in [0.4, 0.5) is 0 Å². The standard InChI is InChI=1S/C10H7BrO4S.Na/c11-9-3-1-8-6-10(15-16(12,13)14)4-2-7(8)5-9;/h1-6H,(H,12,13,14);/q;+1/p-1. The summed E-state index contributed by atoms with van der Waals surface area (Å²) in [5.41, 5.74) is 0. The molecule has 2 aromatic rings. The Morgan fingerprint density at radius 3 is 2.29 bits per heavy atom. The van der Waals surface area contributed by atoms with E-state index in [-0.39, 0.29) is 35.3 Å². The molecule has 0 saturated heterocycles. The molecule has 84 valence electrons. The van der Waals surface area contributed by atoms with Crippen molar-refractivity contribution in [1.82, 2.24) is 0 Å². The minimum atomic E-state index is -4.71. The molecule has 2 rings (SSSR count). The number of rotatable bonds is 2. The maximum absolute atomic E-state index is 10.4. The number of hydrogen-bond donors (Lipinski definition) is 0. The zero-order valence-corrected chi connectivity index (χ0v) is 13.3. The second-order valence-electron chi connectivity index (χ2n) is 3.14. The average molecular weight is 325 g/mol. The van der Waals surface area contributed by atoms with Gasteiger partial charge in [-0.2, -0.15) is 0 Å². The molecule has 0 aliphatic carbocycles. The van der Waals surface area contributed by atoms with Gasteiger partial charge in [-0.05, 0) is 35.0 Å². The van der Waals surface area contributed by atoms with Crippen molar-refractivity contribution in [2.24, 2.45) is 0 Å². The van der Waals surface area contributed by atoms with E-state index >= 15 is 0 Å². The van der Waals surface area contributed by atoms with Crippen molar-refractivity contribution in [2.75, 3.05) is 0 Å². The van der Waals surface area contributed by atoms with E-state index in [2.05, 4.69) is 20.1 Å². The summed E-state index contributed by atoms with van der Waals surface area (Å²) in [7, 11) is -4.71. The van der Waals surface area contributed by atoms with Crippen molar-refractivity contribution in [3.05, 3.63) is 40.9 Å². The van der Waals surface area contributed by atoms with E-state index < -0.39 is 10.4 Å². The van der Waals surface area contributed by atoms with Crippen LogP contribution in [0.5, 0.6) is 5.75 Å². The zero-order chi connectivity index (χ0) is 11.8. The van der Waals surface area contributed by atoms with E-state index in [4.69, 9.17) is 0 Å². The molecule has 0 saturated carbocycles. The predicted molar refractivity (Wildman–Crippen MR) is 62.0 cm³/mol. The molecule has 7 heteroatoms. The molecule has 0 heterocycles. The van der Waals surface area contributed by atoms with Crippen LogP contribution in [0.2, 0.25) is 0 Å². The van der Waals surface area contributed by atoms with Gasteiger partial charge in [-0.3, -0.25) is 0 Å². The SMILES string of the molecule is O=S(=O)([O-])Oc1ccc2cc(Br)ccc2c1.[Na+]. The van der Waals surface area contributed by atoms with Gasteiger partial charge in [-0.25, -0.2) is 8.42 Å². The third-order valence-electron chi connectivity index (χ3n) is 1.97. The van der Waals surface area contributed by atoms with Gasteiger partial charge in [0, 0.05) is 4.47 Å². The molecule has 0 amide bonds. The van der Waals surface area contributed by atoms with Gasteiger partial charge >= 0.3 is 29.6 Å². The van der Waals surface area contributed by atoms with Crippen LogP contribution < -0.4 is 33.7 Å². The molecule has 0 bridgehead atoms. The minimum Gasteiger partial charge on any atom is -0.716 e. The van der Waals surface area contributed by atoms with E-state index in [0.717, 1.165) is 15.2 Å². The van der Waals surface area contributed by atoms with Crippen molar-refractivity contribution in [3.63, 3.8) is 0 Å². The Bertz CT molecular complexity index is 642. The minimum absolute atomic E-state index is 0. The summed E-state index contributed by atoms with van der Waals surface area (Å²) >= 11 is 3.32. The van der Waals surface area contributed by atoms with E-state index in [9.17, 15) is 13.0 Å². The first-order chi connectivity index (χ1) is 7.44. The quantitative estimate of drug-likeness (QED) is 0.422. The fourth-order valence-electron chi connectivity index (χ4n) is 1.36. The monoisotopic (exact) mass is 324 g/mol. The third-order valence-corrected chi connectivity index (χ3v) is 2.86. The molecular formula is C10H6BrNaO4S. The van der Waals surface area contributed by atoms with Crippen LogP contribution >= 0.6 is 15.9 Å². The first-order valence-corrected chi connectivity index (χ1v) is 6.41. The topological polar surface area (TPSA) is 66.4 Å². The smallest absolute Gasteiger partial charge is 0.716 e. The molecule has 0 aliphatic heterocycles. The van der Waals surface area contributed by atoms with Gasteiger partial charge < -0.3 is 8.74 Å². The number of benzene rings is 2. The van der Waals surface area contributed by atoms with Gasteiger partial charge in [0.2, 0.25) is 0 Å². The second-order valence-corrected chi connectivity index (χ2v) is 5.04. The molecule has 0 N–H and O–H groups in total.